The average molecular weight is 283 g/mol. The number of amides is 1. The van der Waals surface area contributed by atoms with E-state index >= 15 is 0 Å². The maximum Gasteiger partial charge on any atom is 0.326 e. The Morgan fingerprint density at radius 3 is 2.45 bits per heavy atom. The molecule has 20 heavy (non-hydrogen) atoms. The Bertz CT molecular complexity index is 412. The van der Waals surface area contributed by atoms with Gasteiger partial charge >= 0.3 is 5.97 Å². The van der Waals surface area contributed by atoms with Gasteiger partial charge in [-0.1, -0.05) is 13.8 Å². The zero-order valence-corrected chi connectivity index (χ0v) is 12.0. The highest BCUT2D eigenvalue weighted by atomic mass is 16.4. The van der Waals surface area contributed by atoms with Gasteiger partial charge in [0.25, 0.3) is 5.91 Å². The monoisotopic (exact) mass is 283 g/mol. The minimum Gasteiger partial charge on any atom is -0.480 e. The quantitative estimate of drug-likeness (QED) is 0.424. The van der Waals surface area contributed by atoms with Gasteiger partial charge in [0.15, 0.2) is 0 Å². The second-order valence-corrected chi connectivity index (χ2v) is 4.85. The van der Waals surface area contributed by atoms with Crippen LogP contribution in [0.4, 0.5) is 0 Å². The van der Waals surface area contributed by atoms with E-state index in [1.54, 1.807) is 13.1 Å². The molecule has 0 aromatic carbocycles. The molecular weight excluding hydrogens is 262 g/mol. The van der Waals surface area contributed by atoms with Crippen molar-refractivity contribution >= 4 is 11.9 Å². The molecule has 7 heteroatoms. The number of carbonyl (C=O) groups is 2. The van der Waals surface area contributed by atoms with Gasteiger partial charge in [0.1, 0.15) is 17.7 Å². The van der Waals surface area contributed by atoms with Crippen molar-refractivity contribution in [3.63, 3.8) is 0 Å². The Kier molecular flexibility index (Phi) is 8.01. The van der Waals surface area contributed by atoms with Gasteiger partial charge in [-0.05, 0) is 12.3 Å². The van der Waals surface area contributed by atoms with Crippen LogP contribution in [0.1, 0.15) is 20.3 Å². The van der Waals surface area contributed by atoms with Gasteiger partial charge in [-0.3, -0.25) is 4.79 Å². The maximum atomic E-state index is 11.9. The summed E-state index contributed by atoms with van der Waals surface area (Å²) in [7, 11) is 1.60. The summed E-state index contributed by atoms with van der Waals surface area (Å²) in [5, 5.41) is 29.0. The molecule has 0 aliphatic rings. The Morgan fingerprint density at radius 1 is 1.45 bits per heavy atom. The van der Waals surface area contributed by atoms with E-state index in [2.05, 4.69) is 5.32 Å². The Labute approximate surface area is 118 Å². The van der Waals surface area contributed by atoms with E-state index in [0.29, 0.717) is 0 Å². The van der Waals surface area contributed by atoms with Crippen molar-refractivity contribution in [2.75, 3.05) is 20.2 Å². The van der Waals surface area contributed by atoms with Crippen molar-refractivity contribution in [2.45, 2.75) is 26.3 Å². The highest BCUT2D eigenvalue weighted by molar-refractivity contribution is 5.99. The van der Waals surface area contributed by atoms with Crippen LogP contribution in [0, 0.1) is 17.2 Å². The molecule has 3 N–H and O–H groups in total. The van der Waals surface area contributed by atoms with E-state index in [9.17, 15) is 9.59 Å². The fraction of sp³-hybridized carbons (Fsp3) is 0.615. The lowest BCUT2D eigenvalue weighted by atomic mass is 10.0. The number of likely N-dealkylation sites (N-methyl/N-ethyl adjacent to an activating group) is 1. The third kappa shape index (κ3) is 6.75. The third-order valence-electron chi connectivity index (χ3n) is 2.48. The molecule has 112 valence electrons. The van der Waals surface area contributed by atoms with Crippen LogP contribution in [-0.2, 0) is 9.59 Å². The minimum atomic E-state index is -1.13. The van der Waals surface area contributed by atoms with E-state index in [1.165, 1.54) is 11.1 Å². The predicted molar refractivity (Wildman–Crippen MR) is 72.4 cm³/mol. The van der Waals surface area contributed by atoms with E-state index in [1.807, 2.05) is 13.8 Å². The molecule has 0 aliphatic heterocycles. The van der Waals surface area contributed by atoms with Crippen LogP contribution in [0.15, 0.2) is 11.8 Å². The van der Waals surface area contributed by atoms with Crippen LogP contribution in [0.5, 0.6) is 0 Å². The molecule has 0 spiro atoms. The summed E-state index contributed by atoms with van der Waals surface area (Å²) in [6, 6.07) is 0.696. The lowest BCUT2D eigenvalue weighted by Gasteiger charge is -2.17. The van der Waals surface area contributed by atoms with Crippen LogP contribution in [0.3, 0.4) is 0 Å². The fourth-order valence-electron chi connectivity index (χ4n) is 1.51. The molecule has 1 atom stereocenters. The summed E-state index contributed by atoms with van der Waals surface area (Å²) in [5.74, 6) is -1.76. The number of nitriles is 1. The summed E-state index contributed by atoms with van der Waals surface area (Å²) in [6.07, 6.45) is 1.56. The maximum absolute atomic E-state index is 11.9. The lowest BCUT2D eigenvalue weighted by molar-refractivity contribution is -0.141. The summed E-state index contributed by atoms with van der Waals surface area (Å²) < 4.78 is 0. The normalized spacial score (nSPS) is 12.7. The Hall–Kier alpha value is -2.07. The number of aliphatic hydroxyl groups is 1. The van der Waals surface area contributed by atoms with Gasteiger partial charge in [0, 0.05) is 19.8 Å². The molecule has 0 radical (unpaired) electrons. The van der Waals surface area contributed by atoms with Gasteiger partial charge < -0.3 is 20.4 Å². The Morgan fingerprint density at radius 2 is 2.05 bits per heavy atom. The number of aliphatic hydroxyl groups excluding tert-OH is 1. The van der Waals surface area contributed by atoms with Gasteiger partial charge in [-0.15, -0.1) is 0 Å². The number of aliphatic carboxylic acids is 1. The summed E-state index contributed by atoms with van der Waals surface area (Å²) in [5.41, 5.74) is -0.198. The van der Waals surface area contributed by atoms with E-state index in [4.69, 9.17) is 15.5 Å². The SMILES string of the molecule is CC(C)CC(NC(=O)/C(C#N)=C\N(C)CCO)C(=O)O. The van der Waals surface area contributed by atoms with Crippen molar-refractivity contribution in [2.24, 2.45) is 5.92 Å². The highest BCUT2D eigenvalue weighted by Crippen LogP contribution is 2.06. The molecule has 0 heterocycles. The van der Waals surface area contributed by atoms with Crippen LogP contribution < -0.4 is 5.32 Å². The topological polar surface area (TPSA) is 114 Å². The number of carboxylic acid groups (broad SMARTS) is 1. The highest BCUT2D eigenvalue weighted by Gasteiger charge is 2.22. The Balaban J connectivity index is 4.84. The molecule has 0 fully saturated rings. The first kappa shape index (κ1) is 17.9. The number of carboxylic acids is 1. The zero-order valence-electron chi connectivity index (χ0n) is 12.0. The van der Waals surface area contributed by atoms with Gasteiger partial charge in [0.2, 0.25) is 0 Å². The first-order valence-electron chi connectivity index (χ1n) is 6.28. The minimum absolute atomic E-state index is 0.1000. The van der Waals surface area contributed by atoms with Crippen molar-refractivity contribution in [3.05, 3.63) is 11.8 Å². The molecular formula is C13H21N3O4. The number of carbonyl (C=O) groups excluding carboxylic acids is 1. The third-order valence-corrected chi connectivity index (χ3v) is 2.48. The summed E-state index contributed by atoms with van der Waals surface area (Å²) >= 11 is 0. The number of hydrogen-bond donors (Lipinski definition) is 3. The van der Waals surface area contributed by atoms with Crippen molar-refractivity contribution in [3.8, 4) is 6.07 Å². The molecule has 7 nitrogen and oxygen atoms in total. The van der Waals surface area contributed by atoms with E-state index < -0.39 is 17.9 Å². The number of hydrogen-bond acceptors (Lipinski definition) is 5. The first-order chi connectivity index (χ1) is 9.31. The molecule has 0 aliphatic carbocycles. The molecule has 0 aromatic rings. The molecule has 1 unspecified atom stereocenters. The number of nitrogens with zero attached hydrogens (tertiary/aromatic N) is 2. The number of nitrogens with one attached hydrogen (secondary N) is 1. The van der Waals surface area contributed by atoms with Gasteiger partial charge in [0.05, 0.1) is 6.61 Å². The molecule has 0 saturated carbocycles. The van der Waals surface area contributed by atoms with Crippen LogP contribution in [-0.4, -0.2) is 53.2 Å². The zero-order chi connectivity index (χ0) is 15.7. The summed E-state index contributed by atoms with van der Waals surface area (Å²) in [6.45, 7) is 3.85. The number of rotatable bonds is 8. The van der Waals surface area contributed by atoms with Crippen LogP contribution in [0.2, 0.25) is 0 Å². The summed E-state index contributed by atoms with van der Waals surface area (Å²) in [4.78, 5) is 24.4. The molecule has 0 aromatic heterocycles. The fourth-order valence-corrected chi connectivity index (χ4v) is 1.51. The lowest BCUT2D eigenvalue weighted by Crippen LogP contribution is -2.42. The largest absolute Gasteiger partial charge is 0.480 e. The van der Waals surface area contributed by atoms with Crippen molar-refractivity contribution in [1.82, 2.24) is 10.2 Å². The first-order valence-corrected chi connectivity index (χ1v) is 6.28. The molecule has 1 amide bonds. The van der Waals surface area contributed by atoms with Crippen LogP contribution >= 0.6 is 0 Å². The molecule has 0 bridgehead atoms. The second kappa shape index (κ2) is 8.93. The predicted octanol–water partition coefficient (Wildman–Crippen LogP) is -0.0665. The molecule has 0 saturated heterocycles. The van der Waals surface area contributed by atoms with E-state index in [-0.39, 0.29) is 31.1 Å². The van der Waals surface area contributed by atoms with Gasteiger partial charge in [-0.25, -0.2) is 4.79 Å². The standard InChI is InChI=1S/C13H21N3O4/c1-9(2)6-11(13(19)20)15-12(18)10(7-14)8-16(3)4-5-17/h8-9,11,17H,4-6H2,1-3H3,(H,15,18)(H,19,20)/b10-8-. The smallest absolute Gasteiger partial charge is 0.326 e. The van der Waals surface area contributed by atoms with Crippen molar-refractivity contribution < 1.29 is 19.8 Å². The average Bonchev–Trinajstić information content (AvgIpc) is 2.34. The second-order valence-electron chi connectivity index (χ2n) is 4.85. The van der Waals surface area contributed by atoms with E-state index in [0.717, 1.165) is 0 Å². The molecule has 0 rings (SSSR count). The van der Waals surface area contributed by atoms with Gasteiger partial charge in [-0.2, -0.15) is 5.26 Å². The van der Waals surface area contributed by atoms with Crippen molar-refractivity contribution in [1.29, 1.82) is 5.26 Å². The van der Waals surface area contributed by atoms with Crippen LogP contribution in [0.25, 0.3) is 0 Å².